The summed E-state index contributed by atoms with van der Waals surface area (Å²) in [5.74, 6) is -1.44. The van der Waals surface area contributed by atoms with Crippen LogP contribution in [0.25, 0.3) is 0 Å². The van der Waals surface area contributed by atoms with Gasteiger partial charge in [0.1, 0.15) is 6.10 Å². The van der Waals surface area contributed by atoms with Crippen LogP contribution in [0, 0.1) is 0 Å². The maximum absolute atomic E-state index is 14.2. The lowest BCUT2D eigenvalue weighted by Crippen LogP contribution is -2.77. The van der Waals surface area contributed by atoms with E-state index in [2.05, 4.69) is 0 Å². The lowest BCUT2D eigenvalue weighted by Gasteiger charge is -2.58. The summed E-state index contributed by atoms with van der Waals surface area (Å²) in [6, 6.07) is 36.6. The van der Waals surface area contributed by atoms with Gasteiger partial charge in [-0.05, 0) is 28.7 Å². The molecule has 1 aliphatic carbocycles. The van der Waals surface area contributed by atoms with Gasteiger partial charge in [-0.3, -0.25) is 0 Å². The fraction of sp³-hybridized carbons (Fsp3) is 0.265. The number of aliphatic hydroxyl groups is 3. The SMILES string of the molecule is O=C1O[C@]23C(c4ccccc4)O[C@]1(Cc1ccccc1)[C@]2(O)[C@@](O)(c1ccccc1)[C@@H](O)C[C@@H]3c1ccccc1. The average molecular weight is 535 g/mol. The van der Waals surface area contributed by atoms with Gasteiger partial charge in [0, 0.05) is 12.3 Å². The highest BCUT2D eigenvalue weighted by atomic mass is 16.7. The standard InChI is InChI=1S/C34H30O6/c35-28-21-27(24-15-7-2-8-16-24)33-29(25-17-9-3-10-18-25)39-31(30(36)40-33,22-23-13-5-1-6-14-23)34(33,38)32(28,37)26-19-11-4-12-20-26/h1-20,27-29,35,37-38H,21-22H2/t27-,28+,29?,31+,32-,33-,34+/m1/s1. The van der Waals surface area contributed by atoms with E-state index in [9.17, 15) is 20.1 Å². The third-order valence-corrected chi connectivity index (χ3v) is 9.27. The molecule has 0 spiro atoms. The van der Waals surface area contributed by atoms with Gasteiger partial charge in [0.2, 0.25) is 5.60 Å². The Hall–Kier alpha value is -3.81. The first kappa shape index (κ1) is 25.2. The second-order valence-electron chi connectivity index (χ2n) is 11.1. The molecule has 2 aliphatic heterocycles. The topological polar surface area (TPSA) is 96.2 Å². The molecule has 4 aromatic rings. The number of ether oxygens (including phenoxy) is 2. The zero-order valence-corrected chi connectivity index (χ0v) is 21.8. The van der Waals surface area contributed by atoms with Gasteiger partial charge in [-0.25, -0.2) is 4.79 Å². The first-order valence-electron chi connectivity index (χ1n) is 13.6. The lowest BCUT2D eigenvalue weighted by molar-refractivity contribution is -0.292. The summed E-state index contributed by atoms with van der Waals surface area (Å²) in [6.07, 6.45) is -2.40. The van der Waals surface area contributed by atoms with Crippen LogP contribution >= 0.6 is 0 Å². The Bertz CT molecular complexity index is 1530. The van der Waals surface area contributed by atoms with Crippen molar-refractivity contribution in [1.29, 1.82) is 0 Å². The molecule has 2 saturated heterocycles. The van der Waals surface area contributed by atoms with E-state index in [0.29, 0.717) is 5.56 Å². The molecule has 1 unspecified atom stereocenters. The minimum absolute atomic E-state index is 0.0269. The van der Waals surface area contributed by atoms with Crippen molar-refractivity contribution in [2.75, 3.05) is 0 Å². The van der Waals surface area contributed by atoms with Crippen LogP contribution in [0.4, 0.5) is 0 Å². The van der Waals surface area contributed by atoms with Crippen molar-refractivity contribution in [2.45, 2.75) is 53.4 Å². The highest BCUT2D eigenvalue weighted by Crippen LogP contribution is 2.74. The molecule has 202 valence electrons. The quantitative estimate of drug-likeness (QED) is 0.332. The number of aliphatic hydroxyl groups excluding tert-OH is 1. The fourth-order valence-electron chi connectivity index (χ4n) is 7.59. The molecule has 2 bridgehead atoms. The van der Waals surface area contributed by atoms with Gasteiger partial charge in [-0.15, -0.1) is 0 Å². The molecule has 6 nitrogen and oxygen atoms in total. The Balaban J connectivity index is 1.57. The minimum Gasteiger partial charge on any atom is -0.450 e. The Morgan fingerprint density at radius 2 is 1.25 bits per heavy atom. The first-order valence-corrected chi connectivity index (χ1v) is 13.6. The van der Waals surface area contributed by atoms with E-state index in [1.807, 2.05) is 91.0 Å². The van der Waals surface area contributed by atoms with Crippen LogP contribution in [-0.4, -0.2) is 44.2 Å². The van der Waals surface area contributed by atoms with Crippen LogP contribution in [-0.2, 0) is 26.3 Å². The van der Waals surface area contributed by atoms with Crippen molar-refractivity contribution in [3.63, 3.8) is 0 Å². The summed E-state index contributed by atoms with van der Waals surface area (Å²) in [5.41, 5.74) is -5.98. The van der Waals surface area contributed by atoms with E-state index in [-0.39, 0.29) is 18.4 Å². The Morgan fingerprint density at radius 1 is 0.725 bits per heavy atom. The second kappa shape index (κ2) is 8.85. The van der Waals surface area contributed by atoms with Crippen molar-refractivity contribution in [2.24, 2.45) is 0 Å². The molecular weight excluding hydrogens is 504 g/mol. The molecule has 0 aromatic heterocycles. The molecule has 7 atom stereocenters. The molecule has 3 fully saturated rings. The largest absolute Gasteiger partial charge is 0.450 e. The van der Waals surface area contributed by atoms with Crippen molar-refractivity contribution >= 4 is 5.97 Å². The monoisotopic (exact) mass is 534 g/mol. The van der Waals surface area contributed by atoms with Crippen LogP contribution in [0.3, 0.4) is 0 Å². The van der Waals surface area contributed by atoms with Crippen LogP contribution < -0.4 is 0 Å². The number of benzene rings is 4. The summed E-state index contributed by atoms with van der Waals surface area (Å²) in [7, 11) is 0. The Kier molecular flexibility index (Phi) is 5.57. The number of esters is 1. The number of hydrogen-bond donors (Lipinski definition) is 3. The maximum atomic E-state index is 14.2. The Morgan fingerprint density at radius 3 is 1.85 bits per heavy atom. The van der Waals surface area contributed by atoms with Crippen molar-refractivity contribution < 1.29 is 29.6 Å². The number of carbonyl (C=O) groups excluding carboxylic acids is 1. The van der Waals surface area contributed by atoms with Gasteiger partial charge < -0.3 is 24.8 Å². The number of carbonyl (C=O) groups is 1. The molecule has 4 aromatic carbocycles. The molecule has 0 radical (unpaired) electrons. The lowest BCUT2D eigenvalue weighted by atomic mass is 9.50. The number of rotatable bonds is 5. The van der Waals surface area contributed by atoms with Crippen molar-refractivity contribution in [3.8, 4) is 0 Å². The zero-order valence-electron chi connectivity index (χ0n) is 21.8. The van der Waals surface area contributed by atoms with E-state index in [0.717, 1.165) is 11.1 Å². The fourth-order valence-corrected chi connectivity index (χ4v) is 7.59. The Labute approximate surface area is 232 Å². The molecule has 3 N–H and O–H groups in total. The summed E-state index contributed by atoms with van der Waals surface area (Å²) < 4.78 is 13.3. The minimum atomic E-state index is -2.39. The van der Waals surface area contributed by atoms with Crippen LogP contribution in [0.5, 0.6) is 0 Å². The smallest absolute Gasteiger partial charge is 0.342 e. The third-order valence-electron chi connectivity index (χ3n) is 9.27. The molecular formula is C34H30O6. The summed E-state index contributed by atoms with van der Waals surface area (Å²) in [5, 5.41) is 38.1. The van der Waals surface area contributed by atoms with Gasteiger partial charge in [0.05, 0.1) is 6.10 Å². The molecule has 1 saturated carbocycles. The number of hydrogen-bond acceptors (Lipinski definition) is 6. The molecule has 2 heterocycles. The second-order valence-corrected chi connectivity index (χ2v) is 11.1. The van der Waals surface area contributed by atoms with E-state index in [1.54, 1.807) is 30.3 Å². The highest BCUT2D eigenvalue weighted by Gasteiger charge is 2.93. The molecule has 40 heavy (non-hydrogen) atoms. The van der Waals surface area contributed by atoms with Gasteiger partial charge in [-0.1, -0.05) is 121 Å². The van der Waals surface area contributed by atoms with Gasteiger partial charge in [-0.2, -0.15) is 0 Å². The van der Waals surface area contributed by atoms with Crippen LogP contribution in [0.2, 0.25) is 0 Å². The first-order chi connectivity index (χ1) is 19.4. The average Bonchev–Trinajstić information content (AvgIpc) is 3.34. The highest BCUT2D eigenvalue weighted by molar-refractivity contribution is 5.89. The summed E-state index contributed by atoms with van der Waals surface area (Å²) >= 11 is 0. The molecule has 6 heteroatoms. The summed E-state index contributed by atoms with van der Waals surface area (Å²) in [6.45, 7) is 0. The normalized spacial score (nSPS) is 36.2. The van der Waals surface area contributed by atoms with E-state index in [4.69, 9.17) is 9.47 Å². The van der Waals surface area contributed by atoms with Crippen LogP contribution in [0.15, 0.2) is 121 Å². The predicted octanol–water partition coefficient (Wildman–Crippen LogP) is 4.20. The van der Waals surface area contributed by atoms with Crippen LogP contribution in [0.1, 0.15) is 40.7 Å². The van der Waals surface area contributed by atoms with Crippen molar-refractivity contribution in [1.82, 2.24) is 0 Å². The zero-order chi connectivity index (χ0) is 27.6. The summed E-state index contributed by atoms with van der Waals surface area (Å²) in [4.78, 5) is 14.2. The van der Waals surface area contributed by atoms with E-state index < -0.39 is 46.5 Å². The van der Waals surface area contributed by atoms with Crippen molar-refractivity contribution in [3.05, 3.63) is 144 Å². The van der Waals surface area contributed by atoms with E-state index in [1.165, 1.54) is 0 Å². The van der Waals surface area contributed by atoms with Gasteiger partial charge >= 0.3 is 5.97 Å². The third kappa shape index (κ3) is 2.99. The van der Waals surface area contributed by atoms with Gasteiger partial charge in [0.15, 0.2) is 16.8 Å². The molecule has 3 aliphatic rings. The molecule has 7 rings (SSSR count). The van der Waals surface area contributed by atoms with Gasteiger partial charge in [0.25, 0.3) is 0 Å². The maximum Gasteiger partial charge on any atom is 0.342 e. The van der Waals surface area contributed by atoms with E-state index >= 15 is 0 Å². The predicted molar refractivity (Wildman–Crippen MR) is 147 cm³/mol. The molecule has 0 amide bonds.